The lowest BCUT2D eigenvalue weighted by Crippen LogP contribution is -2.27. The number of ether oxygens (including phenoxy) is 1. The number of rotatable bonds is 5. The van der Waals surface area contributed by atoms with E-state index in [-0.39, 0.29) is 12.5 Å². The number of nitrogens with one attached hydrogen (secondary N) is 1. The number of carbonyl (C=O) groups excluding carboxylic acids is 1. The Morgan fingerprint density at radius 3 is 2.83 bits per heavy atom. The number of nitrogens with zero attached hydrogens (tertiary/aromatic N) is 1. The maximum Gasteiger partial charge on any atom is 0.412 e. The SMILES string of the molecule is CC(Cc1nocc1CO)c1cccc(NC(=O)OC(C)(C)C)c1. The molecule has 0 saturated carbocycles. The number of anilines is 1. The summed E-state index contributed by atoms with van der Waals surface area (Å²) in [7, 11) is 0. The van der Waals surface area contributed by atoms with E-state index < -0.39 is 11.7 Å². The summed E-state index contributed by atoms with van der Waals surface area (Å²) in [5, 5.41) is 15.9. The molecule has 2 aromatic rings. The Labute approximate surface area is 141 Å². The van der Waals surface area contributed by atoms with E-state index in [2.05, 4.69) is 17.4 Å². The minimum absolute atomic E-state index is 0.0915. The van der Waals surface area contributed by atoms with E-state index in [1.165, 1.54) is 6.26 Å². The number of aromatic nitrogens is 1. The van der Waals surface area contributed by atoms with Crippen LogP contribution in [0, 0.1) is 0 Å². The quantitative estimate of drug-likeness (QED) is 0.868. The van der Waals surface area contributed by atoms with Gasteiger partial charge in [-0.2, -0.15) is 0 Å². The topological polar surface area (TPSA) is 84.6 Å². The van der Waals surface area contributed by atoms with Crippen molar-refractivity contribution < 1.29 is 19.2 Å². The Bertz CT molecular complexity index is 688. The van der Waals surface area contributed by atoms with E-state index in [1.54, 1.807) is 0 Å². The molecule has 1 amide bonds. The van der Waals surface area contributed by atoms with Crippen LogP contribution >= 0.6 is 0 Å². The van der Waals surface area contributed by atoms with Crippen molar-refractivity contribution in [3.63, 3.8) is 0 Å². The van der Waals surface area contributed by atoms with Crippen molar-refractivity contribution in [2.45, 2.75) is 52.2 Å². The van der Waals surface area contributed by atoms with Crippen LogP contribution in [0.3, 0.4) is 0 Å². The Hall–Kier alpha value is -2.34. The molecule has 1 heterocycles. The molecule has 1 aromatic heterocycles. The molecule has 0 bridgehead atoms. The van der Waals surface area contributed by atoms with Crippen LogP contribution in [0.25, 0.3) is 0 Å². The van der Waals surface area contributed by atoms with Gasteiger partial charge in [0.05, 0.1) is 12.3 Å². The lowest BCUT2D eigenvalue weighted by molar-refractivity contribution is 0.0636. The normalized spacial score (nSPS) is 12.7. The molecule has 0 fully saturated rings. The Morgan fingerprint density at radius 2 is 2.17 bits per heavy atom. The largest absolute Gasteiger partial charge is 0.444 e. The van der Waals surface area contributed by atoms with Crippen molar-refractivity contribution in [1.29, 1.82) is 0 Å². The van der Waals surface area contributed by atoms with Gasteiger partial charge in [0.25, 0.3) is 0 Å². The van der Waals surface area contributed by atoms with Gasteiger partial charge in [0, 0.05) is 17.7 Å². The summed E-state index contributed by atoms with van der Waals surface area (Å²) in [5.74, 6) is 0.154. The molecule has 0 spiro atoms. The van der Waals surface area contributed by atoms with Crippen molar-refractivity contribution in [2.24, 2.45) is 0 Å². The highest BCUT2D eigenvalue weighted by Crippen LogP contribution is 2.24. The number of carbonyl (C=O) groups is 1. The summed E-state index contributed by atoms with van der Waals surface area (Å²) in [6.07, 6.45) is 1.62. The summed E-state index contributed by atoms with van der Waals surface area (Å²) >= 11 is 0. The van der Waals surface area contributed by atoms with Crippen LogP contribution in [-0.4, -0.2) is 22.0 Å². The van der Waals surface area contributed by atoms with Crippen LogP contribution in [0.4, 0.5) is 10.5 Å². The highest BCUT2D eigenvalue weighted by atomic mass is 16.6. The first-order chi connectivity index (χ1) is 11.3. The molecular formula is C18H24N2O4. The zero-order valence-electron chi connectivity index (χ0n) is 14.5. The van der Waals surface area contributed by atoms with Crippen LogP contribution in [0.5, 0.6) is 0 Å². The summed E-state index contributed by atoms with van der Waals surface area (Å²) in [6.45, 7) is 7.43. The Kier molecular flexibility index (Phi) is 5.62. The molecule has 0 aliphatic carbocycles. The smallest absolute Gasteiger partial charge is 0.412 e. The molecule has 0 saturated heterocycles. The van der Waals surface area contributed by atoms with Gasteiger partial charge in [-0.25, -0.2) is 4.79 Å². The van der Waals surface area contributed by atoms with E-state index in [9.17, 15) is 9.90 Å². The molecule has 0 aliphatic rings. The minimum Gasteiger partial charge on any atom is -0.444 e. The van der Waals surface area contributed by atoms with Gasteiger partial charge >= 0.3 is 6.09 Å². The third-order valence-corrected chi connectivity index (χ3v) is 3.50. The van der Waals surface area contributed by atoms with Crippen LogP contribution in [0.15, 0.2) is 35.1 Å². The first kappa shape index (κ1) is 18.0. The number of aliphatic hydroxyl groups excluding tert-OH is 1. The number of amides is 1. The van der Waals surface area contributed by atoms with E-state index in [0.717, 1.165) is 11.3 Å². The average molecular weight is 332 g/mol. The number of aliphatic hydroxyl groups is 1. The molecule has 24 heavy (non-hydrogen) atoms. The van der Waals surface area contributed by atoms with Crippen molar-refractivity contribution in [1.82, 2.24) is 5.16 Å². The summed E-state index contributed by atoms with van der Waals surface area (Å²) in [6, 6.07) is 7.60. The fourth-order valence-electron chi connectivity index (χ4n) is 2.33. The second-order valence-corrected chi connectivity index (χ2v) is 6.80. The summed E-state index contributed by atoms with van der Waals surface area (Å²) < 4.78 is 10.2. The third kappa shape index (κ3) is 5.09. The lowest BCUT2D eigenvalue weighted by atomic mass is 9.94. The zero-order valence-corrected chi connectivity index (χ0v) is 14.5. The number of benzene rings is 1. The van der Waals surface area contributed by atoms with Gasteiger partial charge in [-0.1, -0.05) is 24.2 Å². The fourth-order valence-corrected chi connectivity index (χ4v) is 2.33. The third-order valence-electron chi connectivity index (χ3n) is 3.50. The number of hydrogen-bond acceptors (Lipinski definition) is 5. The first-order valence-electron chi connectivity index (χ1n) is 7.91. The van der Waals surface area contributed by atoms with E-state index in [0.29, 0.717) is 17.7 Å². The van der Waals surface area contributed by atoms with Crippen molar-refractivity contribution in [3.05, 3.63) is 47.3 Å². The molecule has 1 atom stereocenters. The standard InChI is InChI=1S/C18H24N2O4/c1-12(8-16-14(10-21)11-23-20-16)13-6-5-7-15(9-13)19-17(22)24-18(2,3)4/h5-7,9,11-12,21H,8,10H2,1-4H3,(H,19,22). The minimum atomic E-state index is -0.539. The van der Waals surface area contributed by atoms with Crippen molar-refractivity contribution >= 4 is 11.8 Å². The second kappa shape index (κ2) is 7.49. The Balaban J connectivity index is 2.05. The van der Waals surface area contributed by atoms with Crippen molar-refractivity contribution in [2.75, 3.05) is 5.32 Å². The monoisotopic (exact) mass is 332 g/mol. The summed E-state index contributed by atoms with van der Waals surface area (Å²) in [5.41, 5.74) is 2.63. The van der Waals surface area contributed by atoms with Gasteiger partial charge in [0.1, 0.15) is 11.9 Å². The predicted molar refractivity (Wildman–Crippen MR) is 90.8 cm³/mol. The fraction of sp³-hybridized carbons (Fsp3) is 0.444. The maximum atomic E-state index is 11.9. The number of hydrogen-bond donors (Lipinski definition) is 2. The average Bonchev–Trinajstić information content (AvgIpc) is 2.92. The van der Waals surface area contributed by atoms with Crippen LogP contribution < -0.4 is 5.32 Å². The molecular weight excluding hydrogens is 308 g/mol. The molecule has 6 heteroatoms. The highest BCUT2D eigenvalue weighted by molar-refractivity contribution is 5.84. The van der Waals surface area contributed by atoms with Gasteiger partial charge in [0.15, 0.2) is 0 Å². The molecule has 0 aliphatic heterocycles. The first-order valence-corrected chi connectivity index (χ1v) is 7.91. The molecule has 0 radical (unpaired) electrons. The molecule has 2 N–H and O–H groups in total. The van der Waals surface area contributed by atoms with Crippen LogP contribution in [0.2, 0.25) is 0 Å². The molecule has 1 unspecified atom stereocenters. The van der Waals surface area contributed by atoms with Gasteiger partial charge < -0.3 is 14.4 Å². The molecule has 1 aromatic carbocycles. The maximum absolute atomic E-state index is 11.9. The van der Waals surface area contributed by atoms with Gasteiger partial charge in [-0.3, -0.25) is 5.32 Å². The van der Waals surface area contributed by atoms with Crippen LogP contribution in [-0.2, 0) is 17.8 Å². The summed E-state index contributed by atoms with van der Waals surface area (Å²) in [4.78, 5) is 11.9. The molecule has 6 nitrogen and oxygen atoms in total. The van der Waals surface area contributed by atoms with Crippen LogP contribution in [0.1, 0.15) is 50.4 Å². The van der Waals surface area contributed by atoms with Crippen molar-refractivity contribution in [3.8, 4) is 0 Å². The van der Waals surface area contributed by atoms with E-state index in [1.807, 2.05) is 45.0 Å². The van der Waals surface area contributed by atoms with E-state index in [4.69, 9.17) is 9.26 Å². The molecule has 130 valence electrons. The predicted octanol–water partition coefficient (Wildman–Crippen LogP) is 3.86. The molecule has 2 rings (SSSR count). The van der Waals surface area contributed by atoms with E-state index >= 15 is 0 Å². The van der Waals surface area contributed by atoms with Gasteiger partial charge in [-0.05, 0) is 44.4 Å². The van der Waals surface area contributed by atoms with Gasteiger partial charge in [0.2, 0.25) is 0 Å². The highest BCUT2D eigenvalue weighted by Gasteiger charge is 2.17. The lowest BCUT2D eigenvalue weighted by Gasteiger charge is -2.20. The Morgan fingerprint density at radius 1 is 1.42 bits per heavy atom. The van der Waals surface area contributed by atoms with Gasteiger partial charge in [-0.15, -0.1) is 0 Å². The zero-order chi connectivity index (χ0) is 17.7. The second-order valence-electron chi connectivity index (χ2n) is 6.80.